The van der Waals surface area contributed by atoms with Crippen molar-refractivity contribution in [3.05, 3.63) is 253 Å². The molecule has 1 aliphatic heterocycles. The molecule has 4 heteroatoms. The van der Waals surface area contributed by atoms with Crippen LogP contribution in [0.15, 0.2) is 241 Å². The third kappa shape index (κ3) is 6.84. The zero-order valence-corrected chi connectivity index (χ0v) is 37.1. The van der Waals surface area contributed by atoms with Gasteiger partial charge in [0.25, 0.3) is 0 Å². The van der Waals surface area contributed by atoms with Crippen LogP contribution >= 0.6 is 11.8 Å². The molecule has 0 bridgehead atoms. The van der Waals surface area contributed by atoms with Gasteiger partial charge in [0.1, 0.15) is 0 Å². The largest absolute Gasteiger partial charge is 0.311 e. The summed E-state index contributed by atoms with van der Waals surface area (Å²) < 4.78 is 2.49. The summed E-state index contributed by atoms with van der Waals surface area (Å²) in [6, 6.07) is 75.1. The number of rotatable bonds is 9. The Morgan fingerprint density at radius 1 is 0.508 bits per heavy atom. The Kier molecular flexibility index (Phi) is 9.76. The van der Waals surface area contributed by atoms with E-state index in [9.17, 15) is 0 Å². The first-order valence-electron chi connectivity index (χ1n) is 22.7. The average Bonchev–Trinajstić information content (AvgIpc) is 3.87. The Morgan fingerprint density at radius 3 is 1.68 bits per heavy atom. The summed E-state index contributed by atoms with van der Waals surface area (Å²) in [7, 11) is 0. The molecule has 12 rings (SSSR count). The lowest BCUT2D eigenvalue weighted by molar-refractivity contribution is 0.583. The second kappa shape index (κ2) is 16.2. The molecule has 2 heterocycles. The highest BCUT2D eigenvalue weighted by molar-refractivity contribution is 8.00. The minimum absolute atomic E-state index is 0.116. The number of allylic oxidation sites excluding steroid dienone is 4. The van der Waals surface area contributed by atoms with Crippen LogP contribution in [-0.4, -0.2) is 4.57 Å². The van der Waals surface area contributed by atoms with Gasteiger partial charge in [-0.15, -0.1) is 11.8 Å². The van der Waals surface area contributed by atoms with Crippen LogP contribution in [0, 0.1) is 0 Å². The number of anilines is 5. The van der Waals surface area contributed by atoms with E-state index in [0.717, 1.165) is 35.6 Å². The zero-order chi connectivity index (χ0) is 43.3. The van der Waals surface area contributed by atoms with Crippen LogP contribution in [-0.2, 0) is 5.41 Å². The first-order valence-corrected chi connectivity index (χ1v) is 23.6. The fourth-order valence-electron chi connectivity index (χ4n) is 10.2. The molecule has 2 atom stereocenters. The molecule has 3 nitrogen and oxygen atoms in total. The third-order valence-electron chi connectivity index (χ3n) is 13.5. The number of benzene rings is 8. The molecule has 312 valence electrons. The maximum absolute atomic E-state index is 2.49. The average molecular weight is 854 g/mol. The second-order valence-electron chi connectivity index (χ2n) is 17.4. The SMILES string of the molecule is CC12C=Cc3c(c4cc(N(C5=CCCC=C5)c5ccccc5)ccc4n3-c3ccc(-c4ccc(N(c5ccccc5)c5ccc(-c6ccccc6)cc5)cc4)cc3)C1Sc1ccccc12. The summed E-state index contributed by atoms with van der Waals surface area (Å²) in [5.74, 6) is 0. The van der Waals surface area contributed by atoms with Gasteiger partial charge in [-0.1, -0.05) is 146 Å². The van der Waals surface area contributed by atoms with Crippen molar-refractivity contribution < 1.29 is 0 Å². The van der Waals surface area contributed by atoms with Crippen molar-refractivity contribution in [2.24, 2.45) is 0 Å². The van der Waals surface area contributed by atoms with Crippen LogP contribution in [0.1, 0.15) is 41.8 Å². The Balaban J connectivity index is 0.921. The van der Waals surface area contributed by atoms with Gasteiger partial charge in [0.05, 0.1) is 16.5 Å². The monoisotopic (exact) mass is 853 g/mol. The Hall–Kier alpha value is -7.53. The normalized spacial score (nSPS) is 17.0. The van der Waals surface area contributed by atoms with Crippen molar-refractivity contribution in [2.75, 3.05) is 9.80 Å². The van der Waals surface area contributed by atoms with Gasteiger partial charge in [-0.05, 0) is 138 Å². The lowest BCUT2D eigenvalue weighted by Gasteiger charge is -2.33. The second-order valence-corrected chi connectivity index (χ2v) is 18.6. The maximum atomic E-state index is 2.49. The third-order valence-corrected chi connectivity index (χ3v) is 15.0. The molecule has 3 aliphatic rings. The van der Waals surface area contributed by atoms with Gasteiger partial charge in [-0.25, -0.2) is 0 Å². The lowest BCUT2D eigenvalue weighted by atomic mass is 9.73. The molecule has 0 saturated carbocycles. The van der Waals surface area contributed by atoms with Crippen molar-refractivity contribution in [1.29, 1.82) is 0 Å². The van der Waals surface area contributed by atoms with Gasteiger partial charge in [0, 0.05) is 61.1 Å². The Labute approximate surface area is 386 Å². The number of aromatic nitrogens is 1. The summed E-state index contributed by atoms with van der Waals surface area (Å²) in [6.45, 7) is 2.43. The number of hydrogen-bond acceptors (Lipinski definition) is 3. The summed E-state index contributed by atoms with van der Waals surface area (Å²) >= 11 is 2.02. The highest BCUT2D eigenvalue weighted by Gasteiger charge is 2.47. The molecule has 0 radical (unpaired) electrons. The number of hydrogen-bond donors (Lipinski definition) is 0. The summed E-state index contributed by atoms with van der Waals surface area (Å²) in [5, 5.41) is 1.55. The lowest BCUT2D eigenvalue weighted by Crippen LogP contribution is -2.25. The molecule has 0 amide bonds. The topological polar surface area (TPSA) is 11.4 Å². The van der Waals surface area contributed by atoms with E-state index in [1.807, 2.05) is 11.8 Å². The van der Waals surface area contributed by atoms with Gasteiger partial charge in [-0.2, -0.15) is 0 Å². The van der Waals surface area contributed by atoms with Crippen molar-refractivity contribution in [3.63, 3.8) is 0 Å². The van der Waals surface area contributed by atoms with Crippen molar-refractivity contribution >= 4 is 57.2 Å². The van der Waals surface area contributed by atoms with Crippen LogP contribution in [0.5, 0.6) is 0 Å². The van der Waals surface area contributed by atoms with Crippen LogP contribution in [0.3, 0.4) is 0 Å². The first kappa shape index (κ1) is 39.1. The Morgan fingerprint density at radius 2 is 1.05 bits per heavy atom. The van der Waals surface area contributed by atoms with Crippen LogP contribution in [0.4, 0.5) is 28.4 Å². The number of nitrogens with zero attached hydrogens (tertiary/aromatic N) is 3. The van der Waals surface area contributed by atoms with Gasteiger partial charge >= 0.3 is 0 Å². The molecule has 9 aromatic rings. The van der Waals surface area contributed by atoms with E-state index >= 15 is 0 Å². The molecule has 8 aromatic carbocycles. The van der Waals surface area contributed by atoms with Crippen LogP contribution in [0.2, 0.25) is 0 Å². The van der Waals surface area contributed by atoms with Crippen molar-refractivity contribution in [3.8, 4) is 27.9 Å². The molecular formula is C61H47N3S. The van der Waals surface area contributed by atoms with Crippen LogP contribution < -0.4 is 9.80 Å². The van der Waals surface area contributed by atoms with E-state index in [1.54, 1.807) is 0 Å². The van der Waals surface area contributed by atoms with E-state index in [1.165, 1.54) is 71.9 Å². The van der Waals surface area contributed by atoms with E-state index < -0.39 is 0 Å². The molecule has 1 aromatic heterocycles. The quantitative estimate of drug-likeness (QED) is 0.143. The summed E-state index contributed by atoms with van der Waals surface area (Å²) in [6.07, 6.45) is 13.9. The fraction of sp³-hybridized carbons (Fsp3) is 0.0820. The molecular weight excluding hydrogens is 807 g/mol. The minimum Gasteiger partial charge on any atom is -0.311 e. The first-order chi connectivity index (χ1) is 32.1. The van der Waals surface area contributed by atoms with Gasteiger partial charge in [-0.3, -0.25) is 0 Å². The predicted octanol–water partition coefficient (Wildman–Crippen LogP) is 16.9. The van der Waals surface area contributed by atoms with E-state index in [-0.39, 0.29) is 10.7 Å². The van der Waals surface area contributed by atoms with Gasteiger partial charge in [0.2, 0.25) is 0 Å². The van der Waals surface area contributed by atoms with E-state index in [2.05, 4.69) is 258 Å². The Bertz CT molecular complexity index is 3280. The zero-order valence-electron chi connectivity index (χ0n) is 36.3. The maximum Gasteiger partial charge on any atom is 0.0539 e. The number of para-hydroxylation sites is 2. The molecule has 2 unspecified atom stereocenters. The highest BCUT2D eigenvalue weighted by atomic mass is 32.2. The van der Waals surface area contributed by atoms with E-state index in [4.69, 9.17) is 0 Å². The van der Waals surface area contributed by atoms with Crippen LogP contribution in [0.25, 0.3) is 44.9 Å². The van der Waals surface area contributed by atoms with Gasteiger partial charge < -0.3 is 14.4 Å². The molecule has 0 saturated heterocycles. The number of thioether (sulfide) groups is 1. The molecule has 2 aliphatic carbocycles. The molecule has 0 fully saturated rings. The minimum atomic E-state index is -0.116. The van der Waals surface area contributed by atoms with Gasteiger partial charge in [0.15, 0.2) is 0 Å². The number of fused-ring (bicyclic) bond motifs is 7. The molecule has 0 N–H and O–H groups in total. The molecule has 65 heavy (non-hydrogen) atoms. The smallest absolute Gasteiger partial charge is 0.0539 e. The van der Waals surface area contributed by atoms with Crippen molar-refractivity contribution in [2.45, 2.75) is 35.3 Å². The molecule has 0 spiro atoms. The standard InChI is InChI=1S/C61H47N3S/c1-61-41-40-57-59(60(61)65-58-25-15-14-24-55(58)61)54-42-53(63(48-20-10-4-11-21-48)49-22-12-5-13-23-49)38-39-56(54)64(57)52-36-30-46(31-37-52)45-28-34-51(35-29-45)62(47-18-8-3-9-19-47)50-32-26-44(27-33-50)43-16-6-2-7-17-43/h2-4,6-12,14-42,60H,5,13H2,1H3. The highest BCUT2D eigenvalue weighted by Crippen LogP contribution is 2.63. The van der Waals surface area contributed by atoms with Crippen molar-refractivity contribution in [1.82, 2.24) is 4.57 Å². The van der Waals surface area contributed by atoms with E-state index in [0.29, 0.717) is 0 Å². The summed E-state index contributed by atoms with van der Waals surface area (Å²) in [4.78, 5) is 6.13. The predicted molar refractivity (Wildman–Crippen MR) is 275 cm³/mol. The summed E-state index contributed by atoms with van der Waals surface area (Å²) in [5.41, 5.74) is 18.0. The fourth-order valence-corrected chi connectivity index (χ4v) is 11.9.